The predicted molar refractivity (Wildman–Crippen MR) is 109 cm³/mol. The van der Waals surface area contributed by atoms with Gasteiger partial charge in [-0.2, -0.15) is 4.31 Å². The van der Waals surface area contributed by atoms with E-state index in [1.165, 1.54) is 10.4 Å². The maximum Gasteiger partial charge on any atom is 0.254 e. The molecule has 0 spiro atoms. The van der Waals surface area contributed by atoms with E-state index in [0.717, 1.165) is 5.82 Å². The Balaban J connectivity index is 1.72. The molecule has 1 aromatic carbocycles. The number of nitrogens with zero attached hydrogens (tertiary/aromatic N) is 4. The Morgan fingerprint density at radius 3 is 2.36 bits per heavy atom. The quantitative estimate of drug-likeness (QED) is 0.740. The van der Waals surface area contributed by atoms with Gasteiger partial charge < -0.3 is 9.80 Å². The third-order valence-corrected chi connectivity index (χ3v) is 7.01. The monoisotopic (exact) mass is 402 g/mol. The second-order valence-electron chi connectivity index (χ2n) is 6.58. The molecule has 0 atom stereocenters. The number of hydrogen-bond acceptors (Lipinski definition) is 5. The van der Waals surface area contributed by atoms with E-state index >= 15 is 0 Å². The largest absolute Gasteiger partial charge is 0.353 e. The Labute approximate surface area is 166 Å². The van der Waals surface area contributed by atoms with Crippen molar-refractivity contribution in [2.75, 3.05) is 44.2 Å². The first-order valence-corrected chi connectivity index (χ1v) is 11.0. The van der Waals surface area contributed by atoms with E-state index in [1.807, 2.05) is 18.2 Å². The van der Waals surface area contributed by atoms with Crippen molar-refractivity contribution in [2.45, 2.75) is 18.7 Å². The van der Waals surface area contributed by atoms with E-state index in [-0.39, 0.29) is 10.8 Å². The lowest BCUT2D eigenvalue weighted by molar-refractivity contribution is 0.0746. The molecule has 7 nitrogen and oxygen atoms in total. The van der Waals surface area contributed by atoms with E-state index < -0.39 is 10.0 Å². The van der Waals surface area contributed by atoms with Crippen LogP contribution in [0.4, 0.5) is 5.82 Å². The molecular formula is C20H26N4O3S. The summed E-state index contributed by atoms with van der Waals surface area (Å²) in [6.45, 7) is 6.93. The summed E-state index contributed by atoms with van der Waals surface area (Å²) in [5.41, 5.74) is 0.402. The van der Waals surface area contributed by atoms with Gasteiger partial charge in [0.1, 0.15) is 5.82 Å². The number of carbonyl (C=O) groups is 1. The van der Waals surface area contributed by atoms with E-state index in [2.05, 4.69) is 9.88 Å². The molecule has 3 rings (SSSR count). The first kappa shape index (κ1) is 20.3. The molecule has 1 aliphatic heterocycles. The van der Waals surface area contributed by atoms with Crippen LogP contribution in [0.15, 0.2) is 53.6 Å². The van der Waals surface area contributed by atoms with Gasteiger partial charge in [0, 0.05) is 51.0 Å². The van der Waals surface area contributed by atoms with Gasteiger partial charge in [-0.15, -0.1) is 0 Å². The van der Waals surface area contributed by atoms with Gasteiger partial charge in [0.05, 0.1) is 4.90 Å². The van der Waals surface area contributed by atoms with E-state index in [4.69, 9.17) is 0 Å². The molecule has 1 fully saturated rings. The van der Waals surface area contributed by atoms with Gasteiger partial charge in [-0.1, -0.05) is 26.0 Å². The highest BCUT2D eigenvalue weighted by atomic mass is 32.2. The normalized spacial score (nSPS) is 15.1. The van der Waals surface area contributed by atoms with Crippen LogP contribution in [-0.4, -0.2) is 67.8 Å². The first-order valence-electron chi connectivity index (χ1n) is 9.52. The van der Waals surface area contributed by atoms with Gasteiger partial charge in [0.2, 0.25) is 10.0 Å². The Hall–Kier alpha value is -2.45. The molecule has 0 aliphatic carbocycles. The highest BCUT2D eigenvalue weighted by Gasteiger charge is 2.26. The molecule has 0 radical (unpaired) electrons. The minimum atomic E-state index is -3.59. The highest BCUT2D eigenvalue weighted by molar-refractivity contribution is 7.89. The number of amides is 1. The van der Waals surface area contributed by atoms with Crippen LogP contribution in [-0.2, 0) is 10.0 Å². The summed E-state index contributed by atoms with van der Waals surface area (Å²) in [4.78, 5) is 21.3. The predicted octanol–water partition coefficient (Wildman–Crippen LogP) is 2.07. The molecule has 1 saturated heterocycles. The van der Waals surface area contributed by atoms with Gasteiger partial charge in [-0.25, -0.2) is 13.4 Å². The van der Waals surface area contributed by atoms with Crippen LogP contribution in [0.3, 0.4) is 0 Å². The molecule has 0 N–H and O–H groups in total. The van der Waals surface area contributed by atoms with Gasteiger partial charge in [0.25, 0.3) is 5.91 Å². The lowest BCUT2D eigenvalue weighted by Gasteiger charge is -2.35. The zero-order valence-electron chi connectivity index (χ0n) is 16.3. The second-order valence-corrected chi connectivity index (χ2v) is 8.52. The van der Waals surface area contributed by atoms with Gasteiger partial charge >= 0.3 is 0 Å². The fourth-order valence-corrected chi connectivity index (χ4v) is 4.87. The summed E-state index contributed by atoms with van der Waals surface area (Å²) in [7, 11) is -3.59. The molecule has 1 aliphatic rings. The molecule has 2 aromatic rings. The van der Waals surface area contributed by atoms with Crippen molar-refractivity contribution in [1.29, 1.82) is 0 Å². The summed E-state index contributed by atoms with van der Waals surface area (Å²) >= 11 is 0. The van der Waals surface area contributed by atoms with Crippen LogP contribution < -0.4 is 4.90 Å². The van der Waals surface area contributed by atoms with Gasteiger partial charge in [-0.05, 0) is 30.3 Å². The summed E-state index contributed by atoms with van der Waals surface area (Å²) in [6, 6.07) is 12.1. The third-order valence-electron chi connectivity index (χ3n) is 4.96. The molecule has 2 heterocycles. The van der Waals surface area contributed by atoms with Crippen molar-refractivity contribution in [3.8, 4) is 0 Å². The van der Waals surface area contributed by atoms with Crippen LogP contribution in [0.25, 0.3) is 0 Å². The number of carbonyl (C=O) groups excluding carboxylic acids is 1. The van der Waals surface area contributed by atoms with Crippen LogP contribution in [0.2, 0.25) is 0 Å². The maximum atomic E-state index is 12.9. The highest BCUT2D eigenvalue weighted by Crippen LogP contribution is 2.19. The number of anilines is 1. The molecule has 0 unspecified atom stereocenters. The average molecular weight is 403 g/mol. The number of sulfonamides is 1. The molecule has 150 valence electrons. The summed E-state index contributed by atoms with van der Waals surface area (Å²) in [5, 5.41) is 0. The van der Waals surface area contributed by atoms with Crippen LogP contribution >= 0.6 is 0 Å². The first-order chi connectivity index (χ1) is 13.5. The maximum absolute atomic E-state index is 12.9. The lowest BCUT2D eigenvalue weighted by Crippen LogP contribution is -2.49. The van der Waals surface area contributed by atoms with Crippen molar-refractivity contribution >= 4 is 21.7 Å². The Kier molecular flexibility index (Phi) is 6.31. The van der Waals surface area contributed by atoms with Gasteiger partial charge in [-0.3, -0.25) is 4.79 Å². The number of pyridine rings is 1. The van der Waals surface area contributed by atoms with E-state index in [1.54, 1.807) is 43.1 Å². The SMILES string of the molecule is CCN(CC)S(=O)(=O)c1cccc(C(=O)N2CCN(c3ccccn3)CC2)c1. The average Bonchev–Trinajstić information content (AvgIpc) is 2.75. The minimum absolute atomic E-state index is 0.141. The number of rotatable bonds is 6. The number of benzene rings is 1. The minimum Gasteiger partial charge on any atom is -0.353 e. The van der Waals surface area contributed by atoms with E-state index in [0.29, 0.717) is 44.8 Å². The van der Waals surface area contributed by atoms with Crippen molar-refractivity contribution in [1.82, 2.24) is 14.2 Å². The number of hydrogen-bond donors (Lipinski definition) is 0. The standard InChI is InChI=1S/C20H26N4O3S/c1-3-24(4-2)28(26,27)18-9-7-8-17(16-18)20(25)23-14-12-22(13-15-23)19-10-5-6-11-21-19/h5-11,16H,3-4,12-15H2,1-2H3. The van der Waals surface area contributed by atoms with Crippen LogP contribution in [0.1, 0.15) is 24.2 Å². The molecule has 8 heteroatoms. The van der Waals surface area contributed by atoms with Crippen LogP contribution in [0, 0.1) is 0 Å². The molecule has 0 bridgehead atoms. The molecule has 1 aromatic heterocycles. The summed E-state index contributed by atoms with van der Waals surface area (Å²) in [5.74, 6) is 0.763. The smallest absolute Gasteiger partial charge is 0.254 e. The Bertz CT molecular complexity index is 906. The topological polar surface area (TPSA) is 73.8 Å². The van der Waals surface area contributed by atoms with Crippen molar-refractivity contribution in [3.63, 3.8) is 0 Å². The van der Waals surface area contributed by atoms with E-state index in [9.17, 15) is 13.2 Å². The number of aromatic nitrogens is 1. The zero-order valence-corrected chi connectivity index (χ0v) is 17.1. The third kappa shape index (κ3) is 4.18. The van der Waals surface area contributed by atoms with Crippen molar-refractivity contribution in [3.05, 3.63) is 54.2 Å². The fraction of sp³-hybridized carbons (Fsp3) is 0.400. The second kappa shape index (κ2) is 8.70. The van der Waals surface area contributed by atoms with Gasteiger partial charge in [0.15, 0.2) is 0 Å². The molecular weight excluding hydrogens is 376 g/mol. The molecule has 28 heavy (non-hydrogen) atoms. The Morgan fingerprint density at radius 1 is 1.04 bits per heavy atom. The van der Waals surface area contributed by atoms with Crippen molar-refractivity contribution < 1.29 is 13.2 Å². The molecule has 1 amide bonds. The summed E-state index contributed by atoms with van der Waals surface area (Å²) < 4.78 is 26.9. The number of piperazine rings is 1. The summed E-state index contributed by atoms with van der Waals surface area (Å²) in [6.07, 6.45) is 1.76. The lowest BCUT2D eigenvalue weighted by atomic mass is 10.2. The Morgan fingerprint density at radius 2 is 1.75 bits per heavy atom. The fourth-order valence-electron chi connectivity index (χ4n) is 3.36. The molecule has 0 saturated carbocycles. The van der Waals surface area contributed by atoms with Crippen molar-refractivity contribution in [2.24, 2.45) is 0 Å². The zero-order chi connectivity index (χ0) is 20.1. The van der Waals surface area contributed by atoms with Crippen LogP contribution in [0.5, 0.6) is 0 Å².